The summed E-state index contributed by atoms with van der Waals surface area (Å²) in [4.78, 5) is 15.8. The van der Waals surface area contributed by atoms with Crippen molar-refractivity contribution >= 4 is 17.2 Å². The van der Waals surface area contributed by atoms with Crippen LogP contribution in [0.1, 0.15) is 26.3 Å². The first-order chi connectivity index (χ1) is 15.7. The summed E-state index contributed by atoms with van der Waals surface area (Å²) >= 11 is 0. The van der Waals surface area contributed by atoms with Crippen LogP contribution in [-0.2, 0) is 16.0 Å². The second-order valence-corrected chi connectivity index (χ2v) is 6.94. The molecule has 3 aromatic rings. The zero-order chi connectivity index (χ0) is 23.3. The van der Waals surface area contributed by atoms with Crippen LogP contribution in [0, 0.1) is 5.92 Å². The van der Waals surface area contributed by atoms with Gasteiger partial charge in [-0.1, -0.05) is 26.0 Å². The maximum Gasteiger partial charge on any atom is 0.237 e. The zero-order valence-corrected chi connectivity index (χ0v) is 19.1. The van der Waals surface area contributed by atoms with Crippen molar-refractivity contribution < 1.29 is 14.3 Å². The summed E-state index contributed by atoms with van der Waals surface area (Å²) in [5.41, 5.74) is 1.65. The third-order valence-electron chi connectivity index (χ3n) is 4.40. The summed E-state index contributed by atoms with van der Waals surface area (Å²) in [5, 5.41) is 11.0. The summed E-state index contributed by atoms with van der Waals surface area (Å²) in [6, 6.07) is 11.1. The summed E-state index contributed by atoms with van der Waals surface area (Å²) in [6.45, 7) is 14.8. The van der Waals surface area contributed by atoms with Crippen molar-refractivity contribution in [2.45, 2.75) is 27.2 Å². The van der Waals surface area contributed by atoms with Crippen LogP contribution < -0.4 is 15.4 Å². The number of ketones is 1. The van der Waals surface area contributed by atoms with E-state index in [1.165, 1.54) is 0 Å². The van der Waals surface area contributed by atoms with Crippen LogP contribution in [0.15, 0.2) is 55.8 Å². The van der Waals surface area contributed by atoms with Crippen LogP contribution in [0.25, 0.3) is 5.65 Å². The van der Waals surface area contributed by atoms with Gasteiger partial charge >= 0.3 is 0 Å². The molecule has 0 aliphatic carbocycles. The van der Waals surface area contributed by atoms with Crippen molar-refractivity contribution in [3.05, 3.63) is 61.3 Å². The van der Waals surface area contributed by atoms with E-state index in [2.05, 4.69) is 33.9 Å². The predicted octanol–water partition coefficient (Wildman–Crippen LogP) is 4.09. The third kappa shape index (κ3) is 7.47. The van der Waals surface area contributed by atoms with E-state index in [0.29, 0.717) is 30.6 Å². The number of rotatable bonds is 9. The van der Waals surface area contributed by atoms with Gasteiger partial charge in [0, 0.05) is 24.9 Å². The molecule has 4 rings (SSSR count). The van der Waals surface area contributed by atoms with Crippen molar-refractivity contribution in [1.29, 1.82) is 0 Å². The number of nitrogens with zero attached hydrogens (tertiary/aromatic N) is 3. The molecule has 1 aliphatic heterocycles. The van der Waals surface area contributed by atoms with Gasteiger partial charge in [-0.25, -0.2) is 9.50 Å². The number of hydrogen-bond acceptors (Lipinski definition) is 7. The lowest BCUT2D eigenvalue weighted by Crippen LogP contribution is -2.38. The van der Waals surface area contributed by atoms with E-state index in [0.717, 1.165) is 36.8 Å². The van der Waals surface area contributed by atoms with Gasteiger partial charge in [-0.05, 0) is 30.7 Å². The van der Waals surface area contributed by atoms with Crippen LogP contribution in [-0.4, -0.2) is 46.8 Å². The maximum absolute atomic E-state index is 11.3. The fourth-order valence-electron chi connectivity index (χ4n) is 2.96. The van der Waals surface area contributed by atoms with E-state index in [-0.39, 0.29) is 5.78 Å². The molecule has 32 heavy (non-hydrogen) atoms. The maximum atomic E-state index is 11.3. The van der Waals surface area contributed by atoms with Gasteiger partial charge in [0.15, 0.2) is 5.65 Å². The van der Waals surface area contributed by atoms with Gasteiger partial charge < -0.3 is 14.8 Å². The number of benzene rings is 1. The van der Waals surface area contributed by atoms with Crippen LogP contribution >= 0.6 is 0 Å². The number of aromatic nitrogens is 3. The number of nitrogens with one attached hydrogen (secondary N) is 2. The Morgan fingerprint density at radius 3 is 2.72 bits per heavy atom. The number of fused-ring (bicyclic) bond motifs is 1. The number of carbonyl (C=O) groups excluding carboxylic acids is 1. The smallest absolute Gasteiger partial charge is 0.237 e. The highest BCUT2D eigenvalue weighted by Crippen LogP contribution is 2.21. The summed E-state index contributed by atoms with van der Waals surface area (Å²) < 4.78 is 12.7. The van der Waals surface area contributed by atoms with E-state index in [4.69, 9.17) is 9.47 Å². The molecule has 0 atom stereocenters. The Kier molecular flexibility index (Phi) is 10.4. The number of ether oxygens (including phenoxy) is 2. The van der Waals surface area contributed by atoms with E-state index < -0.39 is 0 Å². The Morgan fingerprint density at radius 1 is 1.25 bits per heavy atom. The van der Waals surface area contributed by atoms with Crippen molar-refractivity contribution in [1.82, 2.24) is 19.9 Å². The minimum absolute atomic E-state index is 0.116. The van der Waals surface area contributed by atoms with Gasteiger partial charge in [-0.2, -0.15) is 0 Å². The highest BCUT2D eigenvalue weighted by atomic mass is 16.5. The van der Waals surface area contributed by atoms with E-state index in [1.54, 1.807) is 17.5 Å². The predicted molar refractivity (Wildman–Crippen MR) is 127 cm³/mol. The molecule has 8 nitrogen and oxygen atoms in total. The lowest BCUT2D eigenvalue weighted by atomic mass is 10.1. The van der Waals surface area contributed by atoms with Gasteiger partial charge in [-0.3, -0.25) is 10.1 Å². The zero-order valence-electron chi connectivity index (χ0n) is 19.1. The molecule has 3 heterocycles. The number of anilines is 1. The summed E-state index contributed by atoms with van der Waals surface area (Å²) in [6.07, 6.45) is 2.21. The van der Waals surface area contributed by atoms with Crippen molar-refractivity contribution in [3.8, 4) is 11.6 Å². The molecule has 1 aromatic carbocycles. The van der Waals surface area contributed by atoms with Gasteiger partial charge in [0.2, 0.25) is 5.88 Å². The minimum atomic E-state index is 0.116. The second-order valence-electron chi connectivity index (χ2n) is 6.94. The third-order valence-corrected chi connectivity index (χ3v) is 4.40. The molecule has 0 amide bonds. The molecule has 2 aromatic heterocycles. The number of imidazole rings is 1. The lowest BCUT2D eigenvalue weighted by Gasteiger charge is -2.26. The molecule has 0 saturated carbocycles. The molecule has 8 heteroatoms. The topological polar surface area (TPSA) is 89.8 Å². The summed E-state index contributed by atoms with van der Waals surface area (Å²) in [5.74, 6) is 2.57. The van der Waals surface area contributed by atoms with Crippen molar-refractivity contribution in [2.24, 2.45) is 5.92 Å². The van der Waals surface area contributed by atoms with E-state index >= 15 is 0 Å². The SMILES string of the molecule is C=C.CC.CC(=O)Cc1cccc(Oc2ccc3nc(NCNCC4COC4)cn3n2)c1. The second kappa shape index (κ2) is 13.2. The quantitative estimate of drug-likeness (QED) is 0.295. The number of carbonyl (C=O) groups is 1. The first-order valence-corrected chi connectivity index (χ1v) is 10.8. The molecule has 2 N–H and O–H groups in total. The highest BCUT2D eigenvalue weighted by Gasteiger charge is 2.17. The Balaban J connectivity index is 0.000000860. The Morgan fingerprint density at radius 2 is 2.03 bits per heavy atom. The number of Topliss-reactive ketones (excluding diaryl/α,β-unsaturated/α-hetero) is 1. The number of hydrogen-bond donors (Lipinski definition) is 2. The molecular formula is C24H33N5O3. The molecule has 0 bridgehead atoms. The molecule has 0 unspecified atom stereocenters. The lowest BCUT2D eigenvalue weighted by molar-refractivity contribution is -0.116. The average Bonchev–Trinajstić information content (AvgIpc) is 3.17. The molecule has 1 aliphatic rings. The average molecular weight is 440 g/mol. The summed E-state index contributed by atoms with van der Waals surface area (Å²) in [7, 11) is 0. The molecule has 0 spiro atoms. The fraction of sp³-hybridized carbons (Fsp3) is 0.375. The molecule has 1 fully saturated rings. The normalized spacial score (nSPS) is 12.6. The van der Waals surface area contributed by atoms with E-state index in [1.807, 2.05) is 50.4 Å². The monoisotopic (exact) mass is 439 g/mol. The standard InChI is InChI=1S/C20H23N5O3.C2H6.C2H4/c1-14(26)7-15-3-2-4-17(8-15)28-20-6-5-19-23-18(10-25(19)24-20)22-13-21-9-16-11-27-12-16;2*1-2/h2-6,8,10,16,21-22H,7,9,11-13H2,1H3;1-2H3;1-2H2. The van der Waals surface area contributed by atoms with Crippen LogP contribution in [0.4, 0.5) is 5.82 Å². The van der Waals surface area contributed by atoms with Gasteiger partial charge in [0.25, 0.3) is 0 Å². The van der Waals surface area contributed by atoms with Crippen molar-refractivity contribution in [3.63, 3.8) is 0 Å². The van der Waals surface area contributed by atoms with Gasteiger partial charge in [0.05, 0.1) is 26.1 Å². The molecule has 0 radical (unpaired) electrons. The van der Waals surface area contributed by atoms with Gasteiger partial charge in [0.1, 0.15) is 17.4 Å². The Labute approximate surface area is 189 Å². The largest absolute Gasteiger partial charge is 0.438 e. The molecular weight excluding hydrogens is 406 g/mol. The molecule has 172 valence electrons. The minimum Gasteiger partial charge on any atom is -0.438 e. The van der Waals surface area contributed by atoms with Crippen molar-refractivity contribution in [2.75, 3.05) is 31.7 Å². The first kappa shape index (κ1) is 25.0. The van der Waals surface area contributed by atoms with Crippen LogP contribution in [0.2, 0.25) is 0 Å². The fourth-order valence-corrected chi connectivity index (χ4v) is 2.96. The highest BCUT2D eigenvalue weighted by molar-refractivity contribution is 5.78. The van der Waals surface area contributed by atoms with Crippen LogP contribution in [0.3, 0.4) is 0 Å². The first-order valence-electron chi connectivity index (χ1n) is 10.8. The van der Waals surface area contributed by atoms with E-state index in [9.17, 15) is 4.79 Å². The Bertz CT molecular complexity index is 985. The van der Waals surface area contributed by atoms with Gasteiger partial charge in [-0.15, -0.1) is 18.3 Å². The molecule has 1 saturated heterocycles. The van der Waals surface area contributed by atoms with Crippen LogP contribution in [0.5, 0.6) is 11.6 Å². The Hall–Kier alpha value is -3.23.